The minimum absolute atomic E-state index is 0.0634. The standard InChI is InChI=1S/C13H22N4O2/c1-10(2)17-13(15-9-16-17)7-11(18)8-19-12-3-5-14-6-4-12/h9-10,12,14H,3-8H2,1-2H3. The molecule has 0 aromatic carbocycles. The molecule has 1 aliphatic heterocycles. The lowest BCUT2D eigenvalue weighted by Gasteiger charge is -2.22. The average Bonchev–Trinajstić information content (AvgIpc) is 2.86. The normalized spacial score (nSPS) is 17.0. The third-order valence-corrected chi connectivity index (χ3v) is 3.26. The fraction of sp³-hybridized carbons (Fsp3) is 0.769. The number of rotatable bonds is 6. The number of hydrogen-bond acceptors (Lipinski definition) is 5. The van der Waals surface area contributed by atoms with Crippen molar-refractivity contribution in [2.24, 2.45) is 0 Å². The summed E-state index contributed by atoms with van der Waals surface area (Å²) in [6, 6.07) is 0.218. The SMILES string of the molecule is CC(C)n1ncnc1CC(=O)COC1CCNCC1. The van der Waals surface area contributed by atoms with Gasteiger partial charge in [0.2, 0.25) is 0 Å². The first kappa shape index (κ1) is 14.1. The van der Waals surface area contributed by atoms with Crippen LogP contribution in [-0.2, 0) is 16.0 Å². The van der Waals surface area contributed by atoms with E-state index in [1.807, 2.05) is 13.8 Å². The van der Waals surface area contributed by atoms with Crippen molar-refractivity contribution in [3.05, 3.63) is 12.2 Å². The molecular formula is C13H22N4O2. The molecule has 0 amide bonds. The third kappa shape index (κ3) is 4.11. The summed E-state index contributed by atoms with van der Waals surface area (Å²) in [5.41, 5.74) is 0. The van der Waals surface area contributed by atoms with Gasteiger partial charge >= 0.3 is 0 Å². The van der Waals surface area contributed by atoms with Crippen LogP contribution in [0.3, 0.4) is 0 Å². The highest BCUT2D eigenvalue weighted by Gasteiger charge is 2.16. The molecule has 2 heterocycles. The Labute approximate surface area is 113 Å². The van der Waals surface area contributed by atoms with Crippen molar-refractivity contribution in [1.29, 1.82) is 0 Å². The molecule has 0 unspecified atom stereocenters. The largest absolute Gasteiger partial charge is 0.370 e. The van der Waals surface area contributed by atoms with E-state index in [0.717, 1.165) is 25.9 Å². The van der Waals surface area contributed by atoms with E-state index in [1.165, 1.54) is 6.33 Å². The molecule has 19 heavy (non-hydrogen) atoms. The maximum absolute atomic E-state index is 11.9. The number of carbonyl (C=O) groups excluding carboxylic acids is 1. The number of ether oxygens (including phenoxy) is 1. The minimum atomic E-state index is 0.0634. The minimum Gasteiger partial charge on any atom is -0.370 e. The van der Waals surface area contributed by atoms with Crippen LogP contribution in [0.2, 0.25) is 0 Å². The fourth-order valence-corrected chi connectivity index (χ4v) is 2.23. The average molecular weight is 266 g/mol. The molecule has 1 aliphatic rings. The van der Waals surface area contributed by atoms with Gasteiger partial charge in [-0.25, -0.2) is 9.67 Å². The van der Waals surface area contributed by atoms with Crippen molar-refractivity contribution in [3.63, 3.8) is 0 Å². The summed E-state index contributed by atoms with van der Waals surface area (Å²) in [4.78, 5) is 16.0. The van der Waals surface area contributed by atoms with Gasteiger partial charge in [0.1, 0.15) is 18.8 Å². The molecule has 1 N–H and O–H groups in total. The highest BCUT2D eigenvalue weighted by molar-refractivity contribution is 5.81. The molecule has 1 aromatic heterocycles. The second-order valence-electron chi connectivity index (χ2n) is 5.19. The fourth-order valence-electron chi connectivity index (χ4n) is 2.23. The van der Waals surface area contributed by atoms with Crippen LogP contribution >= 0.6 is 0 Å². The number of carbonyl (C=O) groups is 1. The Kier molecular flexibility index (Phi) is 5.04. The van der Waals surface area contributed by atoms with Gasteiger partial charge < -0.3 is 10.1 Å². The van der Waals surface area contributed by atoms with Crippen LogP contribution in [0.15, 0.2) is 6.33 Å². The van der Waals surface area contributed by atoms with Crippen molar-refractivity contribution >= 4 is 5.78 Å². The van der Waals surface area contributed by atoms with E-state index >= 15 is 0 Å². The van der Waals surface area contributed by atoms with E-state index in [9.17, 15) is 4.79 Å². The predicted octanol–water partition coefficient (Wildman–Crippen LogP) is 0.739. The zero-order valence-corrected chi connectivity index (χ0v) is 11.6. The molecule has 1 saturated heterocycles. The first-order valence-corrected chi connectivity index (χ1v) is 6.89. The second kappa shape index (κ2) is 6.77. The zero-order valence-electron chi connectivity index (χ0n) is 11.6. The molecule has 1 aromatic rings. The van der Waals surface area contributed by atoms with E-state index in [-0.39, 0.29) is 24.5 Å². The van der Waals surface area contributed by atoms with Gasteiger partial charge in [0.25, 0.3) is 0 Å². The van der Waals surface area contributed by atoms with Gasteiger partial charge in [0, 0.05) is 6.04 Å². The lowest BCUT2D eigenvalue weighted by Crippen LogP contribution is -2.33. The van der Waals surface area contributed by atoms with Gasteiger partial charge in [-0.2, -0.15) is 5.10 Å². The number of nitrogens with one attached hydrogen (secondary N) is 1. The van der Waals surface area contributed by atoms with Gasteiger partial charge in [0.15, 0.2) is 5.78 Å². The molecule has 0 aliphatic carbocycles. The zero-order chi connectivity index (χ0) is 13.7. The van der Waals surface area contributed by atoms with E-state index in [0.29, 0.717) is 12.2 Å². The summed E-state index contributed by atoms with van der Waals surface area (Å²) >= 11 is 0. The predicted molar refractivity (Wildman–Crippen MR) is 71.0 cm³/mol. The first-order chi connectivity index (χ1) is 9.16. The summed E-state index contributed by atoms with van der Waals surface area (Å²) in [7, 11) is 0. The summed E-state index contributed by atoms with van der Waals surface area (Å²) in [6.45, 7) is 6.17. The molecule has 0 radical (unpaired) electrons. The van der Waals surface area contributed by atoms with Gasteiger partial charge in [0.05, 0.1) is 12.5 Å². The second-order valence-corrected chi connectivity index (χ2v) is 5.19. The van der Waals surface area contributed by atoms with Crippen LogP contribution in [0.4, 0.5) is 0 Å². The highest BCUT2D eigenvalue weighted by atomic mass is 16.5. The maximum Gasteiger partial charge on any atom is 0.166 e. The number of nitrogens with zero attached hydrogens (tertiary/aromatic N) is 3. The molecule has 2 rings (SSSR count). The van der Waals surface area contributed by atoms with Crippen molar-refractivity contribution < 1.29 is 9.53 Å². The van der Waals surface area contributed by atoms with Crippen molar-refractivity contribution in [2.45, 2.75) is 45.3 Å². The summed E-state index contributed by atoms with van der Waals surface area (Å²) < 4.78 is 7.43. The van der Waals surface area contributed by atoms with Crippen molar-refractivity contribution in [2.75, 3.05) is 19.7 Å². The molecular weight excluding hydrogens is 244 g/mol. The Bertz CT molecular complexity index is 411. The Balaban J connectivity index is 1.78. The Morgan fingerprint density at radius 2 is 2.26 bits per heavy atom. The van der Waals surface area contributed by atoms with Crippen LogP contribution in [0, 0.1) is 0 Å². The summed E-state index contributed by atoms with van der Waals surface area (Å²) in [6.07, 6.45) is 3.97. The molecule has 0 atom stereocenters. The van der Waals surface area contributed by atoms with Crippen LogP contribution in [-0.4, -0.2) is 46.3 Å². The van der Waals surface area contributed by atoms with Gasteiger partial charge in [-0.05, 0) is 39.8 Å². The monoisotopic (exact) mass is 266 g/mol. The van der Waals surface area contributed by atoms with E-state index in [1.54, 1.807) is 4.68 Å². The molecule has 0 spiro atoms. The van der Waals surface area contributed by atoms with Crippen LogP contribution < -0.4 is 5.32 Å². The van der Waals surface area contributed by atoms with E-state index in [2.05, 4.69) is 15.4 Å². The van der Waals surface area contributed by atoms with Crippen LogP contribution in [0.25, 0.3) is 0 Å². The number of hydrogen-bond donors (Lipinski definition) is 1. The molecule has 1 fully saturated rings. The number of aromatic nitrogens is 3. The van der Waals surface area contributed by atoms with Gasteiger partial charge in [-0.3, -0.25) is 4.79 Å². The van der Waals surface area contributed by atoms with Crippen LogP contribution in [0.5, 0.6) is 0 Å². The third-order valence-electron chi connectivity index (χ3n) is 3.26. The number of piperidine rings is 1. The Hall–Kier alpha value is -1.27. The smallest absolute Gasteiger partial charge is 0.166 e. The van der Waals surface area contributed by atoms with E-state index in [4.69, 9.17) is 4.74 Å². The van der Waals surface area contributed by atoms with Gasteiger partial charge in [-0.1, -0.05) is 0 Å². The highest BCUT2D eigenvalue weighted by Crippen LogP contribution is 2.09. The maximum atomic E-state index is 11.9. The van der Waals surface area contributed by atoms with Gasteiger partial charge in [-0.15, -0.1) is 0 Å². The number of Topliss-reactive ketones (excluding diaryl/α,β-unsaturated/α-hetero) is 1. The topological polar surface area (TPSA) is 69.0 Å². The lowest BCUT2D eigenvalue weighted by atomic mass is 10.1. The first-order valence-electron chi connectivity index (χ1n) is 6.89. The number of ketones is 1. The molecule has 6 heteroatoms. The Morgan fingerprint density at radius 1 is 1.53 bits per heavy atom. The molecule has 6 nitrogen and oxygen atoms in total. The quantitative estimate of drug-likeness (QED) is 0.822. The van der Waals surface area contributed by atoms with E-state index < -0.39 is 0 Å². The molecule has 0 saturated carbocycles. The molecule has 0 bridgehead atoms. The van der Waals surface area contributed by atoms with Crippen molar-refractivity contribution in [3.8, 4) is 0 Å². The molecule has 106 valence electrons. The lowest BCUT2D eigenvalue weighted by molar-refractivity contribution is -0.125. The van der Waals surface area contributed by atoms with Crippen LogP contribution in [0.1, 0.15) is 38.6 Å². The Morgan fingerprint density at radius 3 is 2.95 bits per heavy atom. The summed E-state index contributed by atoms with van der Waals surface area (Å²) in [5, 5.41) is 7.40. The summed E-state index contributed by atoms with van der Waals surface area (Å²) in [5.74, 6) is 0.780. The van der Waals surface area contributed by atoms with Crippen molar-refractivity contribution in [1.82, 2.24) is 20.1 Å².